The summed E-state index contributed by atoms with van der Waals surface area (Å²) in [7, 11) is -3.84. The van der Waals surface area contributed by atoms with Crippen molar-refractivity contribution in [2.24, 2.45) is 0 Å². The van der Waals surface area contributed by atoms with Crippen LogP contribution < -0.4 is 4.72 Å². The van der Waals surface area contributed by atoms with E-state index in [-0.39, 0.29) is 11.0 Å². The summed E-state index contributed by atoms with van der Waals surface area (Å²) in [5.41, 5.74) is 0.734. The molecule has 2 aromatic rings. The van der Waals surface area contributed by atoms with Crippen molar-refractivity contribution in [1.82, 2.24) is 9.78 Å². The molecule has 0 radical (unpaired) electrons. The predicted molar refractivity (Wildman–Crippen MR) is 83.1 cm³/mol. The van der Waals surface area contributed by atoms with Crippen molar-refractivity contribution >= 4 is 15.7 Å². The maximum absolute atomic E-state index is 13.6. The third kappa shape index (κ3) is 3.70. The Morgan fingerprint density at radius 2 is 2.30 bits per heavy atom. The van der Waals surface area contributed by atoms with Gasteiger partial charge in [0.2, 0.25) is 0 Å². The van der Waals surface area contributed by atoms with Crippen LogP contribution in [0, 0.1) is 12.7 Å². The molecule has 2 heterocycles. The molecule has 0 aliphatic carbocycles. The maximum Gasteiger partial charge on any atom is 0.262 e. The van der Waals surface area contributed by atoms with Crippen molar-refractivity contribution in [2.45, 2.75) is 37.3 Å². The monoisotopic (exact) mass is 339 g/mol. The lowest BCUT2D eigenvalue weighted by atomic mass is 10.2. The molecule has 1 aliphatic rings. The molecule has 1 saturated heterocycles. The number of rotatable bonds is 5. The van der Waals surface area contributed by atoms with E-state index in [1.165, 1.54) is 18.3 Å². The van der Waals surface area contributed by atoms with E-state index in [1.54, 1.807) is 17.8 Å². The fourth-order valence-corrected chi connectivity index (χ4v) is 3.51. The van der Waals surface area contributed by atoms with E-state index in [4.69, 9.17) is 4.74 Å². The average Bonchev–Trinajstić information content (AvgIpc) is 3.14. The van der Waals surface area contributed by atoms with Gasteiger partial charge in [0, 0.05) is 12.8 Å². The lowest BCUT2D eigenvalue weighted by molar-refractivity contribution is 0.0940. The van der Waals surface area contributed by atoms with Crippen molar-refractivity contribution in [3.05, 3.63) is 42.0 Å². The molecule has 124 valence electrons. The summed E-state index contributed by atoms with van der Waals surface area (Å²) in [5.74, 6) is -0.554. The van der Waals surface area contributed by atoms with Gasteiger partial charge in [0.25, 0.3) is 10.0 Å². The molecule has 1 N–H and O–H groups in total. The van der Waals surface area contributed by atoms with Gasteiger partial charge in [0.1, 0.15) is 5.82 Å². The number of anilines is 1. The summed E-state index contributed by atoms with van der Waals surface area (Å²) >= 11 is 0. The van der Waals surface area contributed by atoms with Gasteiger partial charge >= 0.3 is 0 Å². The number of hydrogen-bond donors (Lipinski definition) is 1. The topological polar surface area (TPSA) is 73.2 Å². The van der Waals surface area contributed by atoms with Crippen molar-refractivity contribution in [3.8, 4) is 0 Å². The van der Waals surface area contributed by atoms with Gasteiger partial charge in [-0.25, -0.2) is 12.8 Å². The lowest BCUT2D eigenvalue weighted by Crippen LogP contribution is -2.15. The Bertz CT molecular complexity index is 798. The summed E-state index contributed by atoms with van der Waals surface area (Å²) in [6, 6.07) is 3.82. The molecule has 1 fully saturated rings. The molecule has 1 unspecified atom stereocenters. The van der Waals surface area contributed by atoms with Crippen LogP contribution in [0.25, 0.3) is 0 Å². The number of nitrogens with zero attached hydrogens (tertiary/aromatic N) is 2. The van der Waals surface area contributed by atoms with Gasteiger partial charge in [-0.1, -0.05) is 6.07 Å². The van der Waals surface area contributed by atoms with Gasteiger partial charge in [-0.05, 0) is 37.5 Å². The summed E-state index contributed by atoms with van der Waals surface area (Å²) in [6.07, 6.45) is 5.15. The number of nitrogens with one attached hydrogen (secondary N) is 1. The number of sulfonamides is 1. The molecule has 1 aliphatic heterocycles. The van der Waals surface area contributed by atoms with Crippen LogP contribution in [-0.4, -0.2) is 30.9 Å². The molecule has 0 spiro atoms. The van der Waals surface area contributed by atoms with Crippen LogP contribution in [0.4, 0.5) is 10.1 Å². The molecule has 1 aromatic heterocycles. The Labute approximate surface area is 134 Å². The number of aryl methyl sites for hydroxylation is 1. The molecule has 23 heavy (non-hydrogen) atoms. The fourth-order valence-electron chi connectivity index (χ4n) is 2.47. The SMILES string of the molecule is Cc1ccc(S(=O)(=O)Nc2cnn(CC3CCCO3)c2)cc1F. The first-order chi connectivity index (χ1) is 10.9. The second-order valence-electron chi connectivity index (χ2n) is 5.60. The number of benzene rings is 1. The highest BCUT2D eigenvalue weighted by Crippen LogP contribution is 2.19. The van der Waals surface area contributed by atoms with Crippen LogP contribution in [-0.2, 0) is 21.3 Å². The van der Waals surface area contributed by atoms with E-state index in [9.17, 15) is 12.8 Å². The maximum atomic E-state index is 13.6. The Hall–Kier alpha value is -1.93. The van der Waals surface area contributed by atoms with Gasteiger partial charge in [-0.2, -0.15) is 5.10 Å². The Balaban J connectivity index is 1.72. The first kappa shape index (κ1) is 15.9. The summed E-state index contributed by atoms with van der Waals surface area (Å²) in [6.45, 7) is 2.92. The van der Waals surface area contributed by atoms with E-state index >= 15 is 0 Å². The minimum Gasteiger partial charge on any atom is -0.376 e. The van der Waals surface area contributed by atoms with Crippen LogP contribution in [0.2, 0.25) is 0 Å². The fraction of sp³-hybridized carbons (Fsp3) is 0.400. The number of halogens is 1. The van der Waals surface area contributed by atoms with Crippen LogP contribution in [0.15, 0.2) is 35.5 Å². The van der Waals surface area contributed by atoms with Crippen LogP contribution >= 0.6 is 0 Å². The van der Waals surface area contributed by atoms with E-state index in [1.807, 2.05) is 0 Å². The van der Waals surface area contributed by atoms with E-state index in [0.717, 1.165) is 25.5 Å². The van der Waals surface area contributed by atoms with Crippen LogP contribution in [0.1, 0.15) is 18.4 Å². The van der Waals surface area contributed by atoms with Crippen molar-refractivity contribution in [3.63, 3.8) is 0 Å². The summed E-state index contributed by atoms with van der Waals surface area (Å²) in [4.78, 5) is -0.118. The molecule has 0 bridgehead atoms. The van der Waals surface area contributed by atoms with Gasteiger partial charge in [-0.15, -0.1) is 0 Å². The molecule has 3 rings (SSSR count). The zero-order valence-corrected chi connectivity index (χ0v) is 13.5. The lowest BCUT2D eigenvalue weighted by Gasteiger charge is -2.09. The van der Waals surface area contributed by atoms with Crippen LogP contribution in [0.3, 0.4) is 0 Å². The molecular formula is C15H18FN3O3S. The quantitative estimate of drug-likeness (QED) is 0.907. The highest BCUT2D eigenvalue weighted by Gasteiger charge is 2.19. The molecule has 6 nitrogen and oxygen atoms in total. The van der Waals surface area contributed by atoms with Crippen LogP contribution in [0.5, 0.6) is 0 Å². The summed E-state index contributed by atoms with van der Waals surface area (Å²) in [5, 5.41) is 4.12. The van der Waals surface area contributed by atoms with Crippen molar-refractivity contribution in [2.75, 3.05) is 11.3 Å². The highest BCUT2D eigenvalue weighted by atomic mass is 32.2. The van der Waals surface area contributed by atoms with E-state index in [2.05, 4.69) is 9.82 Å². The normalized spacial score (nSPS) is 18.3. The average molecular weight is 339 g/mol. The number of hydrogen-bond acceptors (Lipinski definition) is 4. The zero-order chi connectivity index (χ0) is 16.4. The largest absolute Gasteiger partial charge is 0.376 e. The van der Waals surface area contributed by atoms with E-state index < -0.39 is 15.8 Å². The molecule has 0 saturated carbocycles. The molecule has 1 atom stereocenters. The molecule has 1 aromatic carbocycles. The standard InChI is InChI=1S/C15H18FN3O3S/c1-11-4-5-14(7-15(11)16)23(20,21)18-12-8-17-19(9-12)10-13-3-2-6-22-13/h4-5,7-9,13,18H,2-3,6,10H2,1H3. The second kappa shape index (κ2) is 6.29. The second-order valence-corrected chi connectivity index (χ2v) is 7.28. The minimum absolute atomic E-state index is 0.116. The molecule has 0 amide bonds. The number of aromatic nitrogens is 2. The van der Waals surface area contributed by atoms with Gasteiger partial charge in [0.05, 0.1) is 29.4 Å². The van der Waals surface area contributed by atoms with Gasteiger partial charge < -0.3 is 4.74 Å². The van der Waals surface area contributed by atoms with Crippen molar-refractivity contribution in [1.29, 1.82) is 0 Å². The Morgan fingerprint density at radius 3 is 3.00 bits per heavy atom. The number of ether oxygens (including phenoxy) is 1. The van der Waals surface area contributed by atoms with Gasteiger partial charge in [0.15, 0.2) is 0 Å². The van der Waals surface area contributed by atoms with Crippen molar-refractivity contribution < 1.29 is 17.5 Å². The first-order valence-corrected chi connectivity index (χ1v) is 8.85. The smallest absolute Gasteiger partial charge is 0.262 e. The highest BCUT2D eigenvalue weighted by molar-refractivity contribution is 7.92. The minimum atomic E-state index is -3.84. The predicted octanol–water partition coefficient (Wildman–Crippen LogP) is 2.31. The Morgan fingerprint density at radius 1 is 1.48 bits per heavy atom. The first-order valence-electron chi connectivity index (χ1n) is 7.37. The third-order valence-electron chi connectivity index (χ3n) is 3.75. The molecule has 8 heteroatoms. The third-order valence-corrected chi connectivity index (χ3v) is 5.13. The zero-order valence-electron chi connectivity index (χ0n) is 12.7. The van der Waals surface area contributed by atoms with E-state index in [0.29, 0.717) is 17.8 Å². The van der Waals surface area contributed by atoms with Gasteiger partial charge in [-0.3, -0.25) is 9.40 Å². The molecular weight excluding hydrogens is 321 g/mol. The summed E-state index contributed by atoms with van der Waals surface area (Å²) < 4.78 is 47.7. The Kier molecular flexibility index (Phi) is 4.36.